The lowest BCUT2D eigenvalue weighted by Gasteiger charge is -2.24. The van der Waals surface area contributed by atoms with Crippen LogP contribution < -0.4 is 14.4 Å². The highest BCUT2D eigenvalue weighted by atomic mass is 16.5. The van der Waals surface area contributed by atoms with E-state index >= 15 is 0 Å². The Labute approximate surface area is 96.4 Å². The highest BCUT2D eigenvalue weighted by Crippen LogP contribution is 2.31. The second kappa shape index (κ2) is 6.23. The predicted molar refractivity (Wildman–Crippen MR) is 64.5 cm³/mol. The summed E-state index contributed by atoms with van der Waals surface area (Å²) < 4.78 is 10.5. The Hall–Kier alpha value is -1.42. The minimum atomic E-state index is 0.119. The molecule has 0 aliphatic heterocycles. The van der Waals surface area contributed by atoms with Crippen LogP contribution in [0.5, 0.6) is 11.5 Å². The molecule has 0 bridgehead atoms. The van der Waals surface area contributed by atoms with E-state index in [1.807, 2.05) is 30.0 Å². The molecule has 0 saturated carbocycles. The molecule has 16 heavy (non-hydrogen) atoms. The van der Waals surface area contributed by atoms with Gasteiger partial charge in [-0.3, -0.25) is 0 Å². The zero-order valence-electron chi connectivity index (χ0n) is 10.1. The maximum atomic E-state index is 9.01. The summed E-state index contributed by atoms with van der Waals surface area (Å²) in [6, 6.07) is 5.64. The first-order chi connectivity index (χ1) is 7.76. The number of rotatable bonds is 6. The number of aliphatic hydroxyl groups is 1. The van der Waals surface area contributed by atoms with Crippen LogP contribution in [0.3, 0.4) is 0 Å². The van der Waals surface area contributed by atoms with Gasteiger partial charge in [0.2, 0.25) is 0 Å². The lowest BCUT2D eigenvalue weighted by molar-refractivity contribution is 0.301. The smallest absolute Gasteiger partial charge is 0.142 e. The summed E-state index contributed by atoms with van der Waals surface area (Å²) in [5.74, 6) is 1.57. The molecule has 0 radical (unpaired) electrons. The SMILES string of the molecule is CCN(CCO)c1cc(OC)ccc1OC. The van der Waals surface area contributed by atoms with Crippen LogP contribution in [0.15, 0.2) is 18.2 Å². The van der Waals surface area contributed by atoms with E-state index in [1.54, 1.807) is 14.2 Å². The van der Waals surface area contributed by atoms with Crippen LogP contribution in [0.2, 0.25) is 0 Å². The maximum absolute atomic E-state index is 9.01. The average Bonchev–Trinajstić information content (AvgIpc) is 2.35. The van der Waals surface area contributed by atoms with Crippen LogP contribution in [-0.4, -0.2) is 39.0 Å². The van der Waals surface area contributed by atoms with Gasteiger partial charge in [-0.25, -0.2) is 0 Å². The maximum Gasteiger partial charge on any atom is 0.142 e. The Kier molecular flexibility index (Phi) is 4.92. The van der Waals surface area contributed by atoms with Gasteiger partial charge < -0.3 is 19.5 Å². The minimum absolute atomic E-state index is 0.119. The Morgan fingerprint density at radius 3 is 2.50 bits per heavy atom. The van der Waals surface area contributed by atoms with Gasteiger partial charge in [-0.15, -0.1) is 0 Å². The van der Waals surface area contributed by atoms with Gasteiger partial charge in [0.15, 0.2) is 0 Å². The zero-order chi connectivity index (χ0) is 12.0. The second-order valence-corrected chi connectivity index (χ2v) is 3.34. The van der Waals surface area contributed by atoms with Crippen LogP contribution in [0.25, 0.3) is 0 Å². The highest BCUT2D eigenvalue weighted by molar-refractivity contribution is 5.61. The Bertz CT molecular complexity index is 328. The van der Waals surface area contributed by atoms with E-state index in [-0.39, 0.29) is 6.61 Å². The van der Waals surface area contributed by atoms with Gasteiger partial charge >= 0.3 is 0 Å². The van der Waals surface area contributed by atoms with Gasteiger partial charge in [0, 0.05) is 19.2 Å². The number of nitrogens with zero attached hydrogens (tertiary/aromatic N) is 1. The van der Waals surface area contributed by atoms with E-state index in [4.69, 9.17) is 14.6 Å². The summed E-state index contributed by atoms with van der Waals surface area (Å²) in [5, 5.41) is 9.01. The molecule has 1 N–H and O–H groups in total. The van der Waals surface area contributed by atoms with Gasteiger partial charge in [-0.2, -0.15) is 0 Å². The molecule has 0 fully saturated rings. The predicted octanol–water partition coefficient (Wildman–Crippen LogP) is 1.52. The average molecular weight is 225 g/mol. The van der Waals surface area contributed by atoms with Crippen molar-refractivity contribution in [1.29, 1.82) is 0 Å². The van der Waals surface area contributed by atoms with Gasteiger partial charge in [0.05, 0.1) is 26.5 Å². The van der Waals surface area contributed by atoms with E-state index < -0.39 is 0 Å². The molecule has 0 spiro atoms. The monoisotopic (exact) mass is 225 g/mol. The molecule has 0 heterocycles. The van der Waals surface area contributed by atoms with Crippen molar-refractivity contribution < 1.29 is 14.6 Å². The Morgan fingerprint density at radius 2 is 2.00 bits per heavy atom. The van der Waals surface area contributed by atoms with Crippen molar-refractivity contribution in [2.24, 2.45) is 0 Å². The van der Waals surface area contributed by atoms with Crippen molar-refractivity contribution >= 4 is 5.69 Å². The standard InChI is InChI=1S/C12H19NO3/c1-4-13(7-8-14)11-9-10(15-2)5-6-12(11)16-3/h5-6,9,14H,4,7-8H2,1-3H3. The Morgan fingerprint density at radius 1 is 1.25 bits per heavy atom. The van der Waals surface area contributed by atoms with Crippen molar-refractivity contribution in [1.82, 2.24) is 0 Å². The quantitative estimate of drug-likeness (QED) is 0.797. The van der Waals surface area contributed by atoms with Gasteiger partial charge in [0.25, 0.3) is 0 Å². The van der Waals surface area contributed by atoms with Crippen molar-refractivity contribution in [2.45, 2.75) is 6.92 Å². The molecule has 4 nitrogen and oxygen atoms in total. The fraction of sp³-hybridized carbons (Fsp3) is 0.500. The number of aliphatic hydroxyl groups excluding tert-OH is 1. The minimum Gasteiger partial charge on any atom is -0.497 e. The molecular formula is C12H19NO3. The largest absolute Gasteiger partial charge is 0.497 e. The number of likely N-dealkylation sites (N-methyl/N-ethyl adjacent to an activating group) is 1. The lowest BCUT2D eigenvalue weighted by Crippen LogP contribution is -2.26. The summed E-state index contributed by atoms with van der Waals surface area (Å²) >= 11 is 0. The van der Waals surface area contributed by atoms with E-state index in [0.717, 1.165) is 23.7 Å². The van der Waals surface area contributed by atoms with Crippen molar-refractivity contribution in [2.75, 3.05) is 38.8 Å². The summed E-state index contributed by atoms with van der Waals surface area (Å²) in [5.41, 5.74) is 0.943. The Balaban J connectivity index is 3.05. The van der Waals surface area contributed by atoms with Crippen LogP contribution in [0.1, 0.15) is 6.92 Å². The van der Waals surface area contributed by atoms with Crippen molar-refractivity contribution in [3.63, 3.8) is 0 Å². The molecule has 0 atom stereocenters. The van der Waals surface area contributed by atoms with E-state index in [1.165, 1.54) is 0 Å². The first-order valence-corrected chi connectivity index (χ1v) is 5.34. The molecule has 0 unspecified atom stereocenters. The van der Waals surface area contributed by atoms with Crippen LogP contribution >= 0.6 is 0 Å². The number of methoxy groups -OCH3 is 2. The molecule has 1 aromatic carbocycles. The van der Waals surface area contributed by atoms with Crippen LogP contribution in [-0.2, 0) is 0 Å². The molecule has 1 rings (SSSR count). The fourth-order valence-electron chi connectivity index (χ4n) is 1.61. The van der Waals surface area contributed by atoms with Crippen LogP contribution in [0.4, 0.5) is 5.69 Å². The number of ether oxygens (including phenoxy) is 2. The molecule has 0 amide bonds. The molecule has 0 aliphatic carbocycles. The highest BCUT2D eigenvalue weighted by Gasteiger charge is 2.11. The van der Waals surface area contributed by atoms with Crippen molar-refractivity contribution in [3.05, 3.63) is 18.2 Å². The van der Waals surface area contributed by atoms with E-state index in [2.05, 4.69) is 0 Å². The number of benzene rings is 1. The van der Waals surface area contributed by atoms with Gasteiger partial charge in [-0.1, -0.05) is 0 Å². The summed E-state index contributed by atoms with van der Waals surface area (Å²) in [6.07, 6.45) is 0. The topological polar surface area (TPSA) is 41.9 Å². The third kappa shape index (κ3) is 2.79. The van der Waals surface area contributed by atoms with Gasteiger partial charge in [-0.05, 0) is 19.1 Å². The first kappa shape index (κ1) is 12.6. The molecule has 1 aromatic rings. The molecule has 90 valence electrons. The van der Waals surface area contributed by atoms with Crippen LogP contribution in [0, 0.1) is 0 Å². The third-order valence-corrected chi connectivity index (χ3v) is 2.48. The van der Waals surface area contributed by atoms with Gasteiger partial charge in [0.1, 0.15) is 11.5 Å². The summed E-state index contributed by atoms with van der Waals surface area (Å²) in [4.78, 5) is 2.04. The van der Waals surface area contributed by atoms with Crippen molar-refractivity contribution in [3.8, 4) is 11.5 Å². The number of hydrogen-bond acceptors (Lipinski definition) is 4. The van der Waals surface area contributed by atoms with E-state index in [0.29, 0.717) is 6.54 Å². The fourth-order valence-corrected chi connectivity index (χ4v) is 1.61. The van der Waals surface area contributed by atoms with E-state index in [9.17, 15) is 0 Å². The molecule has 0 aliphatic rings. The number of hydrogen-bond donors (Lipinski definition) is 1. The molecule has 0 saturated heterocycles. The molecule has 0 aromatic heterocycles. The second-order valence-electron chi connectivity index (χ2n) is 3.34. The summed E-state index contributed by atoms with van der Waals surface area (Å²) in [6.45, 7) is 3.55. The molecular weight excluding hydrogens is 206 g/mol. The molecule has 4 heteroatoms. The number of anilines is 1. The zero-order valence-corrected chi connectivity index (χ0v) is 10.1. The third-order valence-electron chi connectivity index (χ3n) is 2.48. The first-order valence-electron chi connectivity index (χ1n) is 5.34. The summed E-state index contributed by atoms with van der Waals surface area (Å²) in [7, 11) is 3.27. The lowest BCUT2D eigenvalue weighted by atomic mass is 10.2. The normalized spacial score (nSPS) is 10.0.